The normalized spacial score (nSPS) is 10.3. The van der Waals surface area contributed by atoms with Gasteiger partial charge in [-0.3, -0.25) is 0 Å². The molecule has 0 saturated heterocycles. The van der Waals surface area contributed by atoms with Crippen molar-refractivity contribution in [2.75, 3.05) is 26.1 Å². The highest BCUT2D eigenvalue weighted by molar-refractivity contribution is 5.96. The van der Waals surface area contributed by atoms with Crippen LogP contribution < -0.4 is 10.5 Å². The molecule has 1 aromatic heterocycles. The highest BCUT2D eigenvalue weighted by Crippen LogP contribution is 2.23. The monoisotopic (exact) mass is 337 g/mol. The highest BCUT2D eigenvalue weighted by Gasteiger charge is 2.23. The van der Waals surface area contributed by atoms with E-state index in [2.05, 4.69) is 9.84 Å². The first kappa shape index (κ1) is 17.3. The van der Waals surface area contributed by atoms with Crippen LogP contribution in [0.5, 0.6) is 5.88 Å². The molecule has 8 nitrogen and oxygen atoms in total. The van der Waals surface area contributed by atoms with E-state index in [0.717, 1.165) is 12.1 Å². The number of halogens is 1. The molecule has 0 saturated carbocycles. The molecular formula is C15H16FN3O5. The number of ether oxygens (including phenoxy) is 3. The number of nitrogens with two attached hydrogens (primary N) is 1. The van der Waals surface area contributed by atoms with Crippen LogP contribution in [-0.4, -0.2) is 42.0 Å². The zero-order valence-corrected chi connectivity index (χ0v) is 13.1. The van der Waals surface area contributed by atoms with Crippen LogP contribution in [-0.2, 0) is 16.5 Å². The van der Waals surface area contributed by atoms with Crippen LogP contribution >= 0.6 is 0 Å². The molecule has 0 amide bonds. The van der Waals surface area contributed by atoms with Crippen molar-refractivity contribution in [1.82, 2.24) is 9.78 Å². The summed E-state index contributed by atoms with van der Waals surface area (Å²) < 4.78 is 29.0. The molecule has 128 valence electrons. The van der Waals surface area contributed by atoms with Crippen molar-refractivity contribution in [3.05, 3.63) is 41.2 Å². The van der Waals surface area contributed by atoms with Gasteiger partial charge in [-0.2, -0.15) is 0 Å². The van der Waals surface area contributed by atoms with E-state index in [1.807, 2.05) is 0 Å². The number of nitrogens with zero attached hydrogens (tertiary/aromatic N) is 2. The minimum atomic E-state index is -0.682. The Morgan fingerprint density at radius 2 is 1.88 bits per heavy atom. The summed E-state index contributed by atoms with van der Waals surface area (Å²) in [5, 5.41) is 3.95. The second-order valence-corrected chi connectivity index (χ2v) is 4.67. The summed E-state index contributed by atoms with van der Waals surface area (Å²) in [7, 11) is 2.76. The van der Waals surface area contributed by atoms with Crippen molar-refractivity contribution in [3.63, 3.8) is 0 Å². The predicted molar refractivity (Wildman–Crippen MR) is 81.1 cm³/mol. The molecule has 9 heteroatoms. The summed E-state index contributed by atoms with van der Waals surface area (Å²) in [5.41, 5.74) is 5.95. The van der Waals surface area contributed by atoms with Gasteiger partial charge in [0.15, 0.2) is 5.56 Å². The van der Waals surface area contributed by atoms with Crippen LogP contribution in [0.2, 0.25) is 0 Å². The molecular weight excluding hydrogens is 321 g/mol. The second kappa shape index (κ2) is 7.44. The molecule has 1 heterocycles. The fourth-order valence-corrected chi connectivity index (χ4v) is 1.85. The third-order valence-electron chi connectivity index (χ3n) is 3.08. The van der Waals surface area contributed by atoms with Gasteiger partial charge in [-0.05, 0) is 24.3 Å². The third-order valence-corrected chi connectivity index (χ3v) is 3.08. The summed E-state index contributed by atoms with van der Waals surface area (Å²) in [6.07, 6.45) is 0. The minimum absolute atomic E-state index is 0.00450. The summed E-state index contributed by atoms with van der Waals surface area (Å²) >= 11 is 0. The van der Waals surface area contributed by atoms with Crippen LogP contribution in [0, 0.1) is 5.82 Å². The number of aromatic nitrogens is 2. The Labute approximate surface area is 136 Å². The van der Waals surface area contributed by atoms with Gasteiger partial charge in [-0.1, -0.05) is 0 Å². The number of methoxy groups -OCH3 is 1. The Morgan fingerprint density at radius 1 is 1.21 bits per heavy atom. The maximum absolute atomic E-state index is 12.8. The summed E-state index contributed by atoms with van der Waals surface area (Å²) in [4.78, 5) is 23.4. The Kier molecular flexibility index (Phi) is 5.35. The maximum Gasteiger partial charge on any atom is 0.347 e. The van der Waals surface area contributed by atoms with Gasteiger partial charge in [0, 0.05) is 7.05 Å². The molecule has 0 aliphatic carbocycles. The number of carbonyl (C=O) groups is 2. The fourth-order valence-electron chi connectivity index (χ4n) is 1.85. The van der Waals surface area contributed by atoms with E-state index >= 15 is 0 Å². The molecule has 0 aliphatic rings. The van der Waals surface area contributed by atoms with Crippen molar-refractivity contribution in [2.45, 2.75) is 0 Å². The first-order valence-corrected chi connectivity index (χ1v) is 6.90. The molecule has 24 heavy (non-hydrogen) atoms. The number of aryl methyl sites for hydroxylation is 1. The Hall–Kier alpha value is -3.10. The molecule has 2 aromatic rings. The summed E-state index contributed by atoms with van der Waals surface area (Å²) in [6.45, 7) is -0.138. The molecule has 0 spiro atoms. The lowest BCUT2D eigenvalue weighted by Gasteiger charge is -2.06. The summed E-state index contributed by atoms with van der Waals surface area (Å²) in [5.74, 6) is -1.66. The lowest BCUT2D eigenvalue weighted by molar-refractivity contribution is 0.0441. The number of nitrogen functional groups attached to an aromatic ring is 1. The van der Waals surface area contributed by atoms with Crippen molar-refractivity contribution in [2.24, 2.45) is 7.05 Å². The maximum atomic E-state index is 12.8. The largest absolute Gasteiger partial charge is 0.472 e. The van der Waals surface area contributed by atoms with E-state index in [-0.39, 0.29) is 36.0 Å². The molecule has 0 atom stereocenters. The zero-order valence-electron chi connectivity index (χ0n) is 13.1. The first-order chi connectivity index (χ1) is 11.4. The molecule has 0 fully saturated rings. The standard InChI is InChI=1S/C15H16FN3O5/c1-19-12(17)11(15(21)22-2)13(18-19)23-7-8-24-14(20)9-3-5-10(16)6-4-9/h3-6H,7-8,17H2,1-2H3. The van der Waals surface area contributed by atoms with Gasteiger partial charge in [-0.15, -0.1) is 5.10 Å². The van der Waals surface area contributed by atoms with Gasteiger partial charge in [-0.25, -0.2) is 18.7 Å². The van der Waals surface area contributed by atoms with Crippen molar-refractivity contribution in [1.29, 1.82) is 0 Å². The highest BCUT2D eigenvalue weighted by atomic mass is 19.1. The molecule has 0 unspecified atom stereocenters. The number of hydrogen-bond acceptors (Lipinski definition) is 7. The van der Waals surface area contributed by atoms with Gasteiger partial charge in [0.05, 0.1) is 12.7 Å². The lowest BCUT2D eigenvalue weighted by Crippen LogP contribution is -2.14. The summed E-state index contributed by atoms with van der Waals surface area (Å²) in [6, 6.07) is 4.94. The molecule has 0 aliphatic heterocycles. The molecule has 0 bridgehead atoms. The molecule has 1 aromatic carbocycles. The van der Waals surface area contributed by atoms with Crippen LogP contribution in [0.15, 0.2) is 24.3 Å². The number of esters is 2. The smallest absolute Gasteiger partial charge is 0.347 e. The topological polar surface area (TPSA) is 106 Å². The zero-order chi connectivity index (χ0) is 17.7. The van der Waals surface area contributed by atoms with Crippen LogP contribution in [0.25, 0.3) is 0 Å². The number of anilines is 1. The average Bonchev–Trinajstić information content (AvgIpc) is 2.86. The van der Waals surface area contributed by atoms with E-state index in [1.54, 1.807) is 7.05 Å². The van der Waals surface area contributed by atoms with Crippen LogP contribution in [0.1, 0.15) is 20.7 Å². The van der Waals surface area contributed by atoms with Gasteiger partial charge in [0.25, 0.3) is 0 Å². The number of rotatable bonds is 6. The van der Waals surface area contributed by atoms with E-state index in [4.69, 9.17) is 15.2 Å². The fraction of sp³-hybridized carbons (Fsp3) is 0.267. The average molecular weight is 337 g/mol. The second-order valence-electron chi connectivity index (χ2n) is 4.67. The molecule has 2 N–H and O–H groups in total. The Balaban J connectivity index is 1.91. The number of carbonyl (C=O) groups excluding carboxylic acids is 2. The minimum Gasteiger partial charge on any atom is -0.472 e. The van der Waals surface area contributed by atoms with Crippen molar-refractivity contribution in [3.8, 4) is 5.88 Å². The van der Waals surface area contributed by atoms with Gasteiger partial charge >= 0.3 is 11.9 Å². The Morgan fingerprint density at radius 3 is 2.50 bits per heavy atom. The van der Waals surface area contributed by atoms with E-state index < -0.39 is 17.8 Å². The molecule has 0 radical (unpaired) electrons. The van der Waals surface area contributed by atoms with Gasteiger partial charge in [0.2, 0.25) is 5.88 Å². The van der Waals surface area contributed by atoms with E-state index in [1.165, 1.54) is 23.9 Å². The van der Waals surface area contributed by atoms with Crippen molar-refractivity contribution >= 4 is 17.8 Å². The third kappa shape index (κ3) is 3.80. The van der Waals surface area contributed by atoms with E-state index in [0.29, 0.717) is 0 Å². The number of benzene rings is 1. The van der Waals surface area contributed by atoms with Gasteiger partial charge < -0.3 is 19.9 Å². The first-order valence-electron chi connectivity index (χ1n) is 6.90. The number of hydrogen-bond donors (Lipinski definition) is 1. The van der Waals surface area contributed by atoms with Gasteiger partial charge in [0.1, 0.15) is 24.8 Å². The quantitative estimate of drug-likeness (QED) is 0.623. The Bertz CT molecular complexity index is 742. The van der Waals surface area contributed by atoms with Crippen LogP contribution in [0.4, 0.5) is 10.2 Å². The van der Waals surface area contributed by atoms with E-state index in [9.17, 15) is 14.0 Å². The van der Waals surface area contributed by atoms with Crippen molar-refractivity contribution < 1.29 is 28.2 Å². The predicted octanol–water partition coefficient (Wildman–Crippen LogP) is 1.16. The van der Waals surface area contributed by atoms with Crippen LogP contribution in [0.3, 0.4) is 0 Å². The lowest BCUT2D eigenvalue weighted by atomic mass is 10.2. The molecule has 2 rings (SSSR count). The SMILES string of the molecule is COC(=O)c1c(OCCOC(=O)c2ccc(F)cc2)nn(C)c1N.